The second kappa shape index (κ2) is 8.96. The molecule has 2 rings (SSSR count). The Kier molecular flexibility index (Phi) is 6.96. The molecule has 0 saturated carbocycles. The van der Waals surface area contributed by atoms with Crippen LogP contribution in [0.1, 0.15) is 15.9 Å². The van der Waals surface area contributed by atoms with E-state index in [4.69, 9.17) is 11.6 Å². The second-order valence-electron chi connectivity index (χ2n) is 5.32. The lowest BCUT2D eigenvalue weighted by Crippen LogP contribution is -2.21. The Morgan fingerprint density at radius 1 is 1.13 bits per heavy atom. The first-order valence-electron chi connectivity index (χ1n) is 7.46. The summed E-state index contributed by atoms with van der Waals surface area (Å²) in [5.74, 6) is 0.971. The van der Waals surface area contributed by atoms with Crippen LogP contribution < -0.4 is 5.32 Å². The van der Waals surface area contributed by atoms with E-state index in [1.54, 1.807) is 7.05 Å². The molecule has 0 radical (unpaired) electrons. The summed E-state index contributed by atoms with van der Waals surface area (Å²) >= 11 is 7.71. The predicted molar refractivity (Wildman–Crippen MR) is 98.3 cm³/mol. The molecule has 0 spiro atoms. The molecule has 0 unspecified atom stereocenters. The number of carbonyl (C=O) groups is 1. The van der Waals surface area contributed by atoms with Gasteiger partial charge >= 0.3 is 0 Å². The van der Waals surface area contributed by atoms with E-state index < -0.39 is 0 Å². The topological polar surface area (TPSA) is 32.3 Å². The van der Waals surface area contributed by atoms with Crippen LogP contribution in [-0.4, -0.2) is 37.2 Å². The number of halogens is 1. The monoisotopic (exact) mass is 348 g/mol. The number of amides is 1. The molecule has 2 aromatic carbocycles. The molecule has 0 aliphatic heterocycles. The van der Waals surface area contributed by atoms with Crippen molar-refractivity contribution in [3.05, 3.63) is 64.7 Å². The molecule has 0 saturated heterocycles. The van der Waals surface area contributed by atoms with Gasteiger partial charge in [0.25, 0.3) is 5.91 Å². The number of rotatable bonds is 7. The van der Waals surface area contributed by atoms with Gasteiger partial charge in [0.2, 0.25) is 0 Å². The van der Waals surface area contributed by atoms with Crippen LogP contribution in [0, 0.1) is 0 Å². The van der Waals surface area contributed by atoms with E-state index in [1.165, 1.54) is 10.5 Å². The van der Waals surface area contributed by atoms with E-state index in [0.29, 0.717) is 5.56 Å². The normalized spacial score (nSPS) is 10.8. The molecular weight excluding hydrogens is 328 g/mol. The number of nitrogens with zero attached hydrogens (tertiary/aromatic N) is 1. The lowest BCUT2D eigenvalue weighted by molar-refractivity contribution is 0.0963. The lowest BCUT2D eigenvalue weighted by atomic mass is 10.1. The van der Waals surface area contributed by atoms with Gasteiger partial charge in [-0.2, -0.15) is 0 Å². The molecule has 2 aromatic rings. The molecule has 5 heteroatoms. The van der Waals surface area contributed by atoms with Gasteiger partial charge in [0, 0.05) is 41.4 Å². The highest BCUT2D eigenvalue weighted by Gasteiger charge is 2.04. The molecule has 0 aromatic heterocycles. The van der Waals surface area contributed by atoms with E-state index in [-0.39, 0.29) is 5.91 Å². The van der Waals surface area contributed by atoms with Crippen molar-refractivity contribution in [3.63, 3.8) is 0 Å². The Balaban J connectivity index is 1.77. The van der Waals surface area contributed by atoms with Gasteiger partial charge in [-0.05, 0) is 49.0 Å². The van der Waals surface area contributed by atoms with Crippen LogP contribution in [0.25, 0.3) is 0 Å². The van der Waals surface area contributed by atoms with Crippen LogP contribution >= 0.6 is 23.4 Å². The summed E-state index contributed by atoms with van der Waals surface area (Å²) in [6.45, 7) is 1.86. The molecule has 3 nitrogen and oxygen atoms in total. The SMILES string of the molecule is CNC(=O)c1ccc(CN(C)CCSc2ccc(Cl)cc2)cc1. The van der Waals surface area contributed by atoms with Crippen LogP contribution in [0.3, 0.4) is 0 Å². The zero-order valence-electron chi connectivity index (χ0n) is 13.4. The summed E-state index contributed by atoms with van der Waals surface area (Å²) < 4.78 is 0. The van der Waals surface area contributed by atoms with Gasteiger partial charge in [-0.15, -0.1) is 11.8 Å². The summed E-state index contributed by atoms with van der Waals surface area (Å²) in [5.41, 5.74) is 1.90. The third-order valence-corrected chi connectivity index (χ3v) is 4.70. The van der Waals surface area contributed by atoms with Crippen molar-refractivity contribution in [1.29, 1.82) is 0 Å². The zero-order chi connectivity index (χ0) is 16.7. The predicted octanol–water partition coefficient (Wildman–Crippen LogP) is 3.92. The van der Waals surface area contributed by atoms with Gasteiger partial charge in [0.1, 0.15) is 0 Å². The molecule has 122 valence electrons. The van der Waals surface area contributed by atoms with E-state index >= 15 is 0 Å². The Morgan fingerprint density at radius 2 is 1.78 bits per heavy atom. The highest BCUT2D eigenvalue weighted by Crippen LogP contribution is 2.20. The fraction of sp³-hybridized carbons (Fsp3) is 0.278. The Labute approximate surface area is 147 Å². The zero-order valence-corrected chi connectivity index (χ0v) is 15.0. The van der Waals surface area contributed by atoms with Crippen molar-refractivity contribution >= 4 is 29.3 Å². The minimum absolute atomic E-state index is 0.0516. The standard InChI is InChI=1S/C18H21ClN2OS/c1-20-18(22)15-5-3-14(4-6-15)13-21(2)11-12-23-17-9-7-16(19)8-10-17/h3-10H,11-13H2,1-2H3,(H,20,22). The highest BCUT2D eigenvalue weighted by atomic mass is 35.5. The molecule has 23 heavy (non-hydrogen) atoms. The number of nitrogens with one attached hydrogen (secondary N) is 1. The van der Waals surface area contributed by atoms with Crippen molar-refractivity contribution in [2.24, 2.45) is 0 Å². The third-order valence-electron chi connectivity index (χ3n) is 3.45. The summed E-state index contributed by atoms with van der Waals surface area (Å²) in [4.78, 5) is 15.0. The molecule has 0 bridgehead atoms. The first-order chi connectivity index (χ1) is 11.1. The van der Waals surface area contributed by atoms with Gasteiger partial charge in [0.05, 0.1) is 0 Å². The average molecular weight is 349 g/mol. The van der Waals surface area contributed by atoms with E-state index in [2.05, 4.69) is 17.3 Å². The molecule has 0 fully saturated rings. The quantitative estimate of drug-likeness (QED) is 0.769. The maximum atomic E-state index is 11.5. The number of carbonyl (C=O) groups excluding carboxylic acids is 1. The van der Waals surface area contributed by atoms with Crippen molar-refractivity contribution in [3.8, 4) is 0 Å². The third kappa shape index (κ3) is 5.90. The minimum Gasteiger partial charge on any atom is -0.355 e. The Morgan fingerprint density at radius 3 is 2.39 bits per heavy atom. The summed E-state index contributed by atoms with van der Waals surface area (Å²) in [7, 11) is 3.75. The van der Waals surface area contributed by atoms with Crippen LogP contribution in [0.15, 0.2) is 53.4 Å². The molecule has 0 atom stereocenters. The van der Waals surface area contributed by atoms with Crippen molar-refractivity contribution < 1.29 is 4.79 Å². The van der Waals surface area contributed by atoms with Gasteiger partial charge < -0.3 is 10.2 Å². The van der Waals surface area contributed by atoms with E-state index in [1.807, 2.05) is 60.3 Å². The van der Waals surface area contributed by atoms with E-state index in [0.717, 1.165) is 23.9 Å². The first kappa shape index (κ1) is 17.9. The summed E-state index contributed by atoms with van der Waals surface area (Å²) in [6.07, 6.45) is 0. The molecule has 0 aliphatic carbocycles. The lowest BCUT2D eigenvalue weighted by Gasteiger charge is -2.16. The average Bonchev–Trinajstić information content (AvgIpc) is 2.56. The molecule has 0 heterocycles. The maximum Gasteiger partial charge on any atom is 0.251 e. The van der Waals surface area contributed by atoms with Gasteiger partial charge in [-0.25, -0.2) is 0 Å². The smallest absolute Gasteiger partial charge is 0.251 e. The Bertz CT molecular complexity index is 628. The van der Waals surface area contributed by atoms with Gasteiger partial charge in [0.15, 0.2) is 0 Å². The van der Waals surface area contributed by atoms with Gasteiger partial charge in [-0.1, -0.05) is 23.7 Å². The van der Waals surface area contributed by atoms with E-state index in [9.17, 15) is 4.79 Å². The highest BCUT2D eigenvalue weighted by molar-refractivity contribution is 7.99. The molecule has 1 N–H and O–H groups in total. The van der Waals surface area contributed by atoms with Crippen LogP contribution in [-0.2, 0) is 6.54 Å². The largest absolute Gasteiger partial charge is 0.355 e. The fourth-order valence-electron chi connectivity index (χ4n) is 2.15. The second-order valence-corrected chi connectivity index (χ2v) is 6.92. The van der Waals surface area contributed by atoms with Crippen molar-refractivity contribution in [2.45, 2.75) is 11.4 Å². The minimum atomic E-state index is -0.0516. The fourth-order valence-corrected chi connectivity index (χ4v) is 3.24. The number of thioether (sulfide) groups is 1. The number of hydrogen-bond donors (Lipinski definition) is 1. The number of benzene rings is 2. The molecule has 1 amide bonds. The Hall–Kier alpha value is -1.49. The summed E-state index contributed by atoms with van der Waals surface area (Å²) in [5, 5.41) is 3.40. The van der Waals surface area contributed by atoms with Gasteiger partial charge in [-0.3, -0.25) is 4.79 Å². The van der Waals surface area contributed by atoms with Crippen molar-refractivity contribution in [2.75, 3.05) is 26.4 Å². The van der Waals surface area contributed by atoms with Crippen LogP contribution in [0.2, 0.25) is 5.02 Å². The number of hydrogen-bond acceptors (Lipinski definition) is 3. The van der Waals surface area contributed by atoms with Crippen LogP contribution in [0.4, 0.5) is 0 Å². The summed E-state index contributed by atoms with van der Waals surface area (Å²) in [6, 6.07) is 15.7. The van der Waals surface area contributed by atoms with Crippen LogP contribution in [0.5, 0.6) is 0 Å². The first-order valence-corrected chi connectivity index (χ1v) is 8.83. The maximum absolute atomic E-state index is 11.5. The van der Waals surface area contributed by atoms with Crippen molar-refractivity contribution in [1.82, 2.24) is 10.2 Å². The molecular formula is C18H21ClN2OS. The molecule has 0 aliphatic rings.